The lowest BCUT2D eigenvalue weighted by Gasteiger charge is -2.15. The van der Waals surface area contributed by atoms with Crippen molar-refractivity contribution in [3.63, 3.8) is 0 Å². The van der Waals surface area contributed by atoms with E-state index in [4.69, 9.17) is 4.74 Å². The average Bonchev–Trinajstić information content (AvgIpc) is 2.86. The van der Waals surface area contributed by atoms with Gasteiger partial charge in [0.1, 0.15) is 6.61 Å². The molecule has 0 fully saturated rings. The number of nitrogens with zero attached hydrogens (tertiary/aromatic N) is 2. The molecule has 2 aliphatic rings. The van der Waals surface area contributed by atoms with Crippen LogP contribution in [-0.2, 0) is 17.8 Å². The van der Waals surface area contributed by atoms with Crippen molar-refractivity contribution < 1.29 is 4.74 Å². The molecule has 0 aliphatic carbocycles. The van der Waals surface area contributed by atoms with Crippen LogP contribution in [0.2, 0.25) is 0 Å². The fraction of sp³-hybridized carbons (Fsp3) is 0.364. The number of aliphatic imine (C=N–C) groups is 1. The molecule has 0 unspecified atom stereocenters. The lowest BCUT2D eigenvalue weighted by Crippen LogP contribution is -2.25. The van der Waals surface area contributed by atoms with Gasteiger partial charge in [-0.15, -0.1) is 12.4 Å². The second-order valence-electron chi connectivity index (χ2n) is 3.64. The van der Waals surface area contributed by atoms with Gasteiger partial charge in [-0.1, -0.05) is 24.3 Å². The topological polar surface area (TPSA) is 24.8 Å². The van der Waals surface area contributed by atoms with Gasteiger partial charge in [0, 0.05) is 13.1 Å². The molecule has 0 saturated carbocycles. The van der Waals surface area contributed by atoms with Gasteiger partial charge in [-0.2, -0.15) is 0 Å². The first kappa shape index (κ1) is 10.3. The first-order valence-corrected chi connectivity index (χ1v) is 4.92. The fourth-order valence-corrected chi connectivity index (χ4v) is 1.98. The molecule has 0 atom stereocenters. The Morgan fingerprint density at radius 1 is 1.13 bits per heavy atom. The van der Waals surface area contributed by atoms with Crippen LogP contribution in [0.4, 0.5) is 0 Å². The highest BCUT2D eigenvalue weighted by Crippen LogP contribution is 2.23. The molecule has 0 amide bonds. The summed E-state index contributed by atoms with van der Waals surface area (Å²) in [5, 5.41) is 0. The van der Waals surface area contributed by atoms with E-state index in [1.54, 1.807) is 0 Å². The van der Waals surface area contributed by atoms with Crippen molar-refractivity contribution in [1.29, 1.82) is 0 Å². The third-order valence-electron chi connectivity index (χ3n) is 2.68. The summed E-state index contributed by atoms with van der Waals surface area (Å²) in [5.41, 5.74) is 2.79. The van der Waals surface area contributed by atoms with Crippen LogP contribution in [0.25, 0.3) is 0 Å². The fourth-order valence-electron chi connectivity index (χ4n) is 1.98. The van der Waals surface area contributed by atoms with E-state index in [1.807, 2.05) is 0 Å². The van der Waals surface area contributed by atoms with Gasteiger partial charge in [-0.25, -0.2) is 4.99 Å². The smallest absolute Gasteiger partial charge is 0.288 e. The van der Waals surface area contributed by atoms with Crippen molar-refractivity contribution in [2.75, 3.05) is 13.2 Å². The highest BCUT2D eigenvalue weighted by molar-refractivity contribution is 5.85. The zero-order valence-corrected chi connectivity index (χ0v) is 9.17. The molecule has 2 heterocycles. The molecule has 3 nitrogen and oxygen atoms in total. The van der Waals surface area contributed by atoms with Gasteiger partial charge in [-0.3, -0.25) is 0 Å². The summed E-state index contributed by atoms with van der Waals surface area (Å²) in [5.74, 6) is 0. The van der Waals surface area contributed by atoms with Gasteiger partial charge in [0.25, 0.3) is 6.02 Å². The average molecular weight is 225 g/mol. The van der Waals surface area contributed by atoms with E-state index in [2.05, 4.69) is 34.2 Å². The Labute approximate surface area is 95.2 Å². The zero-order chi connectivity index (χ0) is 9.38. The number of amidine groups is 1. The molecular formula is C11H13ClN2O. The summed E-state index contributed by atoms with van der Waals surface area (Å²) in [7, 11) is 0. The Hall–Kier alpha value is -1.22. The Morgan fingerprint density at radius 2 is 1.80 bits per heavy atom. The summed E-state index contributed by atoms with van der Waals surface area (Å²) >= 11 is 0. The van der Waals surface area contributed by atoms with Crippen molar-refractivity contribution in [2.45, 2.75) is 13.1 Å². The van der Waals surface area contributed by atoms with E-state index < -0.39 is 0 Å². The molecule has 0 bridgehead atoms. The Morgan fingerprint density at radius 3 is 2.33 bits per heavy atom. The van der Waals surface area contributed by atoms with E-state index in [1.165, 1.54) is 11.1 Å². The third kappa shape index (κ3) is 1.79. The SMILES string of the molecule is Cl.c1ccc2c(c1)CN(C1=NCCO1)C2. The highest BCUT2D eigenvalue weighted by Gasteiger charge is 2.23. The van der Waals surface area contributed by atoms with E-state index in [0.29, 0.717) is 0 Å². The largest absolute Gasteiger partial charge is 0.463 e. The van der Waals surface area contributed by atoms with Crippen molar-refractivity contribution >= 4 is 18.4 Å². The summed E-state index contributed by atoms with van der Waals surface area (Å²) in [6, 6.07) is 9.33. The van der Waals surface area contributed by atoms with E-state index in [0.717, 1.165) is 32.3 Å². The number of rotatable bonds is 0. The quantitative estimate of drug-likeness (QED) is 0.672. The van der Waals surface area contributed by atoms with E-state index in [9.17, 15) is 0 Å². The molecular weight excluding hydrogens is 212 g/mol. The Bertz CT molecular complexity index is 367. The molecule has 1 aromatic carbocycles. The van der Waals surface area contributed by atoms with Crippen LogP contribution in [-0.4, -0.2) is 24.1 Å². The minimum Gasteiger partial charge on any atom is -0.463 e. The van der Waals surface area contributed by atoms with Gasteiger partial charge in [0.2, 0.25) is 0 Å². The summed E-state index contributed by atoms with van der Waals surface area (Å²) in [6.07, 6.45) is 0. The van der Waals surface area contributed by atoms with Gasteiger partial charge < -0.3 is 9.64 Å². The van der Waals surface area contributed by atoms with Crippen LogP contribution in [0, 0.1) is 0 Å². The summed E-state index contributed by atoms with van der Waals surface area (Å²) in [6.45, 7) is 3.42. The lowest BCUT2D eigenvalue weighted by atomic mass is 10.1. The van der Waals surface area contributed by atoms with Gasteiger partial charge in [0.05, 0.1) is 6.54 Å². The van der Waals surface area contributed by atoms with Crippen molar-refractivity contribution in [1.82, 2.24) is 4.90 Å². The first-order valence-electron chi connectivity index (χ1n) is 4.92. The van der Waals surface area contributed by atoms with Crippen LogP contribution < -0.4 is 0 Å². The van der Waals surface area contributed by atoms with E-state index >= 15 is 0 Å². The second kappa shape index (κ2) is 4.11. The lowest BCUT2D eigenvalue weighted by molar-refractivity contribution is 0.265. The number of ether oxygens (including phenoxy) is 1. The molecule has 0 spiro atoms. The molecule has 0 saturated heterocycles. The predicted octanol–water partition coefficient (Wildman–Crippen LogP) is 1.81. The van der Waals surface area contributed by atoms with Crippen molar-refractivity contribution in [3.05, 3.63) is 35.4 Å². The van der Waals surface area contributed by atoms with E-state index in [-0.39, 0.29) is 12.4 Å². The maximum Gasteiger partial charge on any atom is 0.288 e. The molecule has 0 radical (unpaired) electrons. The van der Waals surface area contributed by atoms with Crippen LogP contribution in [0.1, 0.15) is 11.1 Å². The standard InChI is InChI=1S/C11H12N2O.ClH/c1-2-4-10-8-13(7-9(10)3-1)11-12-5-6-14-11;/h1-4H,5-8H2;1H. The van der Waals surface area contributed by atoms with Crippen LogP contribution in [0.5, 0.6) is 0 Å². The monoisotopic (exact) mass is 224 g/mol. The predicted molar refractivity (Wildman–Crippen MR) is 61.2 cm³/mol. The number of fused-ring (bicyclic) bond motifs is 1. The molecule has 4 heteroatoms. The molecule has 15 heavy (non-hydrogen) atoms. The normalized spacial score (nSPS) is 17.9. The van der Waals surface area contributed by atoms with Gasteiger partial charge in [0.15, 0.2) is 0 Å². The van der Waals surface area contributed by atoms with Gasteiger partial charge in [-0.05, 0) is 11.1 Å². The highest BCUT2D eigenvalue weighted by atomic mass is 35.5. The first-order chi connectivity index (χ1) is 6.93. The van der Waals surface area contributed by atoms with Gasteiger partial charge >= 0.3 is 0 Å². The van der Waals surface area contributed by atoms with Crippen LogP contribution in [0.15, 0.2) is 29.3 Å². The number of hydrogen-bond acceptors (Lipinski definition) is 3. The minimum absolute atomic E-state index is 0. The maximum atomic E-state index is 5.44. The molecule has 80 valence electrons. The Balaban J connectivity index is 0.000000853. The second-order valence-corrected chi connectivity index (χ2v) is 3.64. The van der Waals surface area contributed by atoms with Crippen molar-refractivity contribution in [3.8, 4) is 0 Å². The molecule has 0 aromatic heterocycles. The van der Waals surface area contributed by atoms with Crippen LogP contribution in [0.3, 0.4) is 0 Å². The summed E-state index contributed by atoms with van der Waals surface area (Å²) in [4.78, 5) is 6.51. The maximum absolute atomic E-state index is 5.44. The zero-order valence-electron chi connectivity index (χ0n) is 8.35. The summed E-state index contributed by atoms with van der Waals surface area (Å²) < 4.78 is 5.44. The number of hydrogen-bond donors (Lipinski definition) is 0. The molecule has 1 aromatic rings. The Kier molecular flexibility index (Phi) is 2.82. The number of benzene rings is 1. The molecule has 3 rings (SSSR count). The molecule has 2 aliphatic heterocycles. The molecule has 0 N–H and O–H groups in total. The third-order valence-corrected chi connectivity index (χ3v) is 2.68. The van der Waals surface area contributed by atoms with Crippen molar-refractivity contribution in [2.24, 2.45) is 4.99 Å². The number of halogens is 1. The van der Waals surface area contributed by atoms with Crippen LogP contribution >= 0.6 is 12.4 Å². The minimum atomic E-state index is 0.